The maximum Gasteiger partial charge on any atom is 0.134 e. The summed E-state index contributed by atoms with van der Waals surface area (Å²) >= 11 is 5.13. The molecule has 0 unspecified atom stereocenters. The van der Waals surface area contributed by atoms with E-state index in [1.165, 1.54) is 0 Å². The van der Waals surface area contributed by atoms with Gasteiger partial charge in [-0.2, -0.15) is 0 Å². The normalized spacial score (nSPS) is 10.3. The van der Waals surface area contributed by atoms with Crippen LogP contribution in [0.1, 0.15) is 25.6 Å². The van der Waals surface area contributed by atoms with Gasteiger partial charge in [0.15, 0.2) is 0 Å². The van der Waals surface area contributed by atoms with E-state index in [1.807, 2.05) is 6.07 Å². The number of hydrogen-bond acceptors (Lipinski definition) is 4. The van der Waals surface area contributed by atoms with Crippen molar-refractivity contribution in [2.75, 3.05) is 23.4 Å². The second-order valence-corrected chi connectivity index (χ2v) is 5.69. The number of hydrogen-bond donors (Lipinski definition) is 1. The van der Waals surface area contributed by atoms with E-state index in [0.29, 0.717) is 5.92 Å². The van der Waals surface area contributed by atoms with Crippen molar-refractivity contribution in [1.82, 2.24) is 9.97 Å². The van der Waals surface area contributed by atoms with Gasteiger partial charge in [0.2, 0.25) is 0 Å². The van der Waals surface area contributed by atoms with Gasteiger partial charge >= 0.3 is 0 Å². The molecule has 0 aromatic carbocycles. The zero-order valence-electron chi connectivity index (χ0n) is 10.0. The van der Waals surface area contributed by atoms with Crippen molar-refractivity contribution < 1.29 is 0 Å². The van der Waals surface area contributed by atoms with Crippen LogP contribution in [-0.4, -0.2) is 28.0 Å². The van der Waals surface area contributed by atoms with Gasteiger partial charge in [-0.25, -0.2) is 9.97 Å². The highest BCUT2D eigenvalue weighted by molar-refractivity contribution is 9.10. The number of nitrogens with zero attached hydrogens (tertiary/aromatic N) is 2. The van der Waals surface area contributed by atoms with E-state index >= 15 is 0 Å². The SMILES string of the molecule is C#CCSCCNc1cc(Br)nc(C(C)C)n1. The standard InChI is InChI=1S/C12H16BrN3S/c1-4-6-17-7-5-14-11-8-10(13)15-12(16-11)9(2)3/h1,8-9H,5-7H2,2-3H3,(H,14,15,16). The van der Waals surface area contributed by atoms with E-state index in [1.54, 1.807) is 11.8 Å². The summed E-state index contributed by atoms with van der Waals surface area (Å²) in [4.78, 5) is 8.77. The van der Waals surface area contributed by atoms with Crippen LogP contribution >= 0.6 is 27.7 Å². The second-order valence-electron chi connectivity index (χ2n) is 3.77. The van der Waals surface area contributed by atoms with Gasteiger partial charge in [-0.1, -0.05) is 19.8 Å². The molecule has 0 amide bonds. The van der Waals surface area contributed by atoms with Crippen molar-refractivity contribution >= 4 is 33.5 Å². The van der Waals surface area contributed by atoms with Crippen LogP contribution in [0.4, 0.5) is 5.82 Å². The van der Waals surface area contributed by atoms with Crippen molar-refractivity contribution in [1.29, 1.82) is 0 Å². The molecule has 0 bridgehead atoms. The molecule has 1 N–H and O–H groups in total. The topological polar surface area (TPSA) is 37.8 Å². The molecule has 1 rings (SSSR count). The minimum Gasteiger partial charge on any atom is -0.369 e. The highest BCUT2D eigenvalue weighted by Gasteiger charge is 2.06. The molecule has 0 radical (unpaired) electrons. The van der Waals surface area contributed by atoms with Gasteiger partial charge in [0.05, 0.1) is 5.75 Å². The lowest BCUT2D eigenvalue weighted by Crippen LogP contribution is -2.08. The second kappa shape index (κ2) is 7.57. The quantitative estimate of drug-likeness (QED) is 0.497. The Balaban J connectivity index is 2.50. The summed E-state index contributed by atoms with van der Waals surface area (Å²) in [6.07, 6.45) is 5.18. The van der Waals surface area contributed by atoms with Crippen LogP contribution < -0.4 is 5.32 Å². The number of rotatable bonds is 6. The smallest absolute Gasteiger partial charge is 0.134 e. The first-order valence-electron chi connectivity index (χ1n) is 5.43. The molecular formula is C12H16BrN3S. The van der Waals surface area contributed by atoms with E-state index in [9.17, 15) is 0 Å². The largest absolute Gasteiger partial charge is 0.369 e. The third kappa shape index (κ3) is 5.42. The Kier molecular flexibility index (Phi) is 6.38. The van der Waals surface area contributed by atoms with Crippen molar-refractivity contribution in [2.24, 2.45) is 0 Å². The minimum atomic E-state index is 0.323. The lowest BCUT2D eigenvalue weighted by molar-refractivity contribution is 0.770. The maximum absolute atomic E-state index is 5.18. The number of aromatic nitrogens is 2. The molecule has 3 nitrogen and oxygen atoms in total. The Morgan fingerprint density at radius 1 is 1.53 bits per heavy atom. The average molecular weight is 314 g/mol. The van der Waals surface area contributed by atoms with Crippen molar-refractivity contribution in [3.63, 3.8) is 0 Å². The molecular weight excluding hydrogens is 298 g/mol. The molecule has 92 valence electrons. The molecule has 0 fully saturated rings. The van der Waals surface area contributed by atoms with E-state index in [-0.39, 0.29) is 0 Å². The zero-order valence-corrected chi connectivity index (χ0v) is 12.4. The Labute approximate surface area is 115 Å². The Morgan fingerprint density at radius 3 is 2.94 bits per heavy atom. The van der Waals surface area contributed by atoms with Crippen molar-refractivity contribution in [3.05, 3.63) is 16.5 Å². The van der Waals surface area contributed by atoms with Crippen molar-refractivity contribution in [3.8, 4) is 12.3 Å². The molecule has 0 aliphatic carbocycles. The highest BCUT2D eigenvalue weighted by Crippen LogP contribution is 2.17. The molecule has 0 aliphatic heterocycles. The molecule has 0 aliphatic rings. The number of terminal acetylenes is 1. The van der Waals surface area contributed by atoms with Crippen LogP contribution in [0.5, 0.6) is 0 Å². The fourth-order valence-electron chi connectivity index (χ4n) is 1.17. The molecule has 0 saturated carbocycles. The van der Waals surface area contributed by atoms with E-state index in [0.717, 1.165) is 34.3 Å². The fourth-order valence-corrected chi connectivity index (χ4v) is 2.07. The summed E-state index contributed by atoms with van der Waals surface area (Å²) in [7, 11) is 0. The molecule has 0 atom stereocenters. The number of halogens is 1. The average Bonchev–Trinajstić information content (AvgIpc) is 2.28. The lowest BCUT2D eigenvalue weighted by Gasteiger charge is -2.09. The Hall–Kier alpha value is -0.730. The minimum absolute atomic E-state index is 0.323. The monoisotopic (exact) mass is 313 g/mol. The molecule has 1 aromatic rings. The number of anilines is 1. The third-order valence-corrected chi connectivity index (χ3v) is 3.24. The summed E-state index contributed by atoms with van der Waals surface area (Å²) in [6.45, 7) is 5.01. The maximum atomic E-state index is 5.18. The zero-order chi connectivity index (χ0) is 12.7. The molecule has 0 saturated heterocycles. The van der Waals surface area contributed by atoms with E-state index in [4.69, 9.17) is 6.42 Å². The van der Waals surface area contributed by atoms with Gasteiger partial charge < -0.3 is 5.32 Å². The summed E-state index contributed by atoms with van der Waals surface area (Å²) in [5.74, 6) is 6.36. The van der Waals surface area contributed by atoms with Gasteiger partial charge in [-0.3, -0.25) is 0 Å². The predicted octanol–water partition coefficient (Wildman–Crippen LogP) is 3.14. The third-order valence-electron chi connectivity index (χ3n) is 1.97. The van der Waals surface area contributed by atoms with Crippen molar-refractivity contribution in [2.45, 2.75) is 19.8 Å². The Bertz CT molecular complexity index is 401. The molecule has 5 heteroatoms. The van der Waals surface area contributed by atoms with Crippen LogP contribution in [-0.2, 0) is 0 Å². The number of thioether (sulfide) groups is 1. The fraction of sp³-hybridized carbons (Fsp3) is 0.500. The summed E-state index contributed by atoms with van der Waals surface area (Å²) < 4.78 is 0.815. The van der Waals surface area contributed by atoms with Crippen LogP contribution in [0.2, 0.25) is 0 Å². The molecule has 0 spiro atoms. The molecule has 1 heterocycles. The van der Waals surface area contributed by atoms with Crippen LogP contribution in [0.15, 0.2) is 10.7 Å². The predicted molar refractivity (Wildman–Crippen MR) is 78.5 cm³/mol. The molecule has 1 aromatic heterocycles. The summed E-state index contributed by atoms with van der Waals surface area (Å²) in [5, 5.41) is 3.27. The van der Waals surface area contributed by atoms with Gasteiger partial charge in [-0.05, 0) is 15.9 Å². The van der Waals surface area contributed by atoms with Gasteiger partial charge in [0.25, 0.3) is 0 Å². The first kappa shape index (κ1) is 14.3. The van der Waals surface area contributed by atoms with Crippen LogP contribution in [0.3, 0.4) is 0 Å². The first-order valence-corrected chi connectivity index (χ1v) is 7.37. The Morgan fingerprint density at radius 2 is 2.29 bits per heavy atom. The van der Waals surface area contributed by atoms with Gasteiger partial charge in [0.1, 0.15) is 16.2 Å². The highest BCUT2D eigenvalue weighted by atomic mass is 79.9. The van der Waals surface area contributed by atoms with Gasteiger partial charge in [-0.15, -0.1) is 18.2 Å². The van der Waals surface area contributed by atoms with E-state index in [2.05, 4.69) is 51.0 Å². The van der Waals surface area contributed by atoms with Gasteiger partial charge in [0, 0.05) is 24.3 Å². The first-order chi connectivity index (χ1) is 8.13. The number of nitrogens with one attached hydrogen (secondary N) is 1. The van der Waals surface area contributed by atoms with Crippen LogP contribution in [0.25, 0.3) is 0 Å². The summed E-state index contributed by atoms with van der Waals surface area (Å²) in [5.41, 5.74) is 0. The lowest BCUT2D eigenvalue weighted by atomic mass is 10.2. The van der Waals surface area contributed by atoms with Crippen LogP contribution in [0, 0.1) is 12.3 Å². The summed E-state index contributed by atoms with van der Waals surface area (Å²) in [6, 6.07) is 1.89. The van der Waals surface area contributed by atoms with E-state index < -0.39 is 0 Å². The molecule has 17 heavy (non-hydrogen) atoms.